The predicted octanol–water partition coefficient (Wildman–Crippen LogP) is 5.98. The van der Waals surface area contributed by atoms with Gasteiger partial charge in [-0.15, -0.1) is 0 Å². The first-order chi connectivity index (χ1) is 12.4. The van der Waals surface area contributed by atoms with Gasteiger partial charge in [-0.3, -0.25) is 4.79 Å². The lowest BCUT2D eigenvalue weighted by Gasteiger charge is -2.20. The van der Waals surface area contributed by atoms with Crippen molar-refractivity contribution in [3.05, 3.63) is 40.8 Å². The summed E-state index contributed by atoms with van der Waals surface area (Å²) in [6, 6.07) is 8.63. The van der Waals surface area contributed by atoms with Crippen LogP contribution in [0.5, 0.6) is 5.75 Å². The number of carbonyl (C=O) groups excluding carboxylic acids is 1. The summed E-state index contributed by atoms with van der Waals surface area (Å²) in [6.07, 6.45) is 4.58. The molecule has 0 aliphatic carbocycles. The zero-order chi connectivity index (χ0) is 19.0. The van der Waals surface area contributed by atoms with Gasteiger partial charge in [0, 0.05) is 17.5 Å². The number of fused-ring (bicyclic) bond motifs is 1. The molecule has 0 atom stereocenters. The van der Waals surface area contributed by atoms with Gasteiger partial charge in [-0.1, -0.05) is 21.8 Å². The molecule has 5 heteroatoms. The molecule has 0 radical (unpaired) electrons. The molecule has 1 aromatic carbocycles. The zero-order valence-electron chi connectivity index (χ0n) is 15.9. The first kappa shape index (κ1) is 25.7. The Balaban J connectivity index is 0.00000364. The molecule has 0 spiro atoms. The van der Waals surface area contributed by atoms with Gasteiger partial charge in [0.25, 0.3) is 0 Å². The quantitative estimate of drug-likeness (QED) is 0.282. The molecule has 0 amide bonds. The Morgan fingerprint density at radius 2 is 1.64 bits per heavy atom. The van der Waals surface area contributed by atoms with Crippen LogP contribution in [0.4, 0.5) is 0 Å². The number of benzene rings is 1. The molecule has 158 valence electrons. The Morgan fingerprint density at radius 1 is 1.00 bits per heavy atom. The van der Waals surface area contributed by atoms with Gasteiger partial charge in [0.1, 0.15) is 11.3 Å². The SMILES string of the molecule is C.C.CCC(C)(C)C(=O)OCCCCCCOc1ccc2ccc(=O)oc2c1. The lowest BCUT2D eigenvalue weighted by atomic mass is 9.91. The van der Waals surface area contributed by atoms with Gasteiger partial charge in [0.2, 0.25) is 0 Å². The first-order valence-corrected chi connectivity index (χ1v) is 9.26. The Kier molecular flexibility index (Phi) is 11.2. The van der Waals surface area contributed by atoms with E-state index in [0.29, 0.717) is 24.5 Å². The molecule has 0 bridgehead atoms. The largest absolute Gasteiger partial charge is 0.493 e. The fourth-order valence-electron chi connectivity index (χ4n) is 2.38. The molecule has 28 heavy (non-hydrogen) atoms. The predicted molar refractivity (Wildman–Crippen MR) is 115 cm³/mol. The van der Waals surface area contributed by atoms with E-state index in [2.05, 4.69) is 0 Å². The summed E-state index contributed by atoms with van der Waals surface area (Å²) in [6.45, 7) is 6.89. The molecular formula is C23H36O5. The minimum absolute atomic E-state index is 0. The molecule has 1 heterocycles. The standard InChI is InChI=1S/C21H28O5.2CH4/c1-4-21(2,3)20(23)25-14-8-6-5-7-13-24-17-11-9-16-10-12-19(22)26-18(16)15-17;;/h9-12,15H,4-8,13-14H2,1-3H3;2*1H4. The molecule has 0 unspecified atom stereocenters. The Hall–Kier alpha value is -2.30. The van der Waals surface area contributed by atoms with Crippen molar-refractivity contribution in [3.63, 3.8) is 0 Å². The number of esters is 1. The van der Waals surface area contributed by atoms with Crippen LogP contribution >= 0.6 is 0 Å². The molecule has 0 aliphatic heterocycles. The Morgan fingerprint density at radius 3 is 2.32 bits per heavy atom. The summed E-state index contributed by atoms with van der Waals surface area (Å²) in [5.74, 6) is 0.578. The average molecular weight is 393 g/mol. The number of carbonyl (C=O) groups is 1. The van der Waals surface area contributed by atoms with E-state index in [1.54, 1.807) is 12.1 Å². The van der Waals surface area contributed by atoms with E-state index in [1.165, 1.54) is 6.07 Å². The third-order valence-corrected chi connectivity index (χ3v) is 4.57. The van der Waals surface area contributed by atoms with E-state index in [0.717, 1.165) is 37.5 Å². The van der Waals surface area contributed by atoms with Gasteiger partial charge in [-0.2, -0.15) is 0 Å². The second-order valence-electron chi connectivity index (χ2n) is 7.09. The first-order valence-electron chi connectivity index (χ1n) is 9.26. The zero-order valence-corrected chi connectivity index (χ0v) is 15.9. The monoisotopic (exact) mass is 392 g/mol. The van der Waals surface area contributed by atoms with Crippen LogP contribution in [0.1, 0.15) is 67.7 Å². The molecule has 1 aromatic heterocycles. The fraction of sp³-hybridized carbons (Fsp3) is 0.565. The fourth-order valence-corrected chi connectivity index (χ4v) is 2.38. The Labute approximate surface area is 169 Å². The van der Waals surface area contributed by atoms with E-state index in [-0.39, 0.29) is 26.4 Å². The smallest absolute Gasteiger partial charge is 0.336 e. The third-order valence-electron chi connectivity index (χ3n) is 4.57. The van der Waals surface area contributed by atoms with Crippen LogP contribution in [0.3, 0.4) is 0 Å². The molecular weight excluding hydrogens is 356 g/mol. The summed E-state index contributed by atoms with van der Waals surface area (Å²) in [5.41, 5.74) is -0.225. The minimum atomic E-state index is -0.396. The summed E-state index contributed by atoms with van der Waals surface area (Å²) >= 11 is 0. The third kappa shape index (κ3) is 7.75. The summed E-state index contributed by atoms with van der Waals surface area (Å²) < 4.78 is 16.2. The molecule has 0 N–H and O–H groups in total. The van der Waals surface area contributed by atoms with Crippen molar-refractivity contribution in [3.8, 4) is 5.75 Å². The second-order valence-corrected chi connectivity index (χ2v) is 7.09. The highest BCUT2D eigenvalue weighted by Gasteiger charge is 2.26. The number of ether oxygens (including phenoxy) is 2. The number of rotatable bonds is 10. The van der Waals surface area contributed by atoms with Crippen molar-refractivity contribution in [2.45, 2.75) is 67.7 Å². The van der Waals surface area contributed by atoms with Crippen LogP contribution in [0.25, 0.3) is 11.0 Å². The van der Waals surface area contributed by atoms with Crippen molar-refractivity contribution in [2.75, 3.05) is 13.2 Å². The number of hydrogen-bond donors (Lipinski definition) is 0. The van der Waals surface area contributed by atoms with Crippen LogP contribution in [0.2, 0.25) is 0 Å². The average Bonchev–Trinajstić information content (AvgIpc) is 2.63. The molecule has 5 nitrogen and oxygen atoms in total. The van der Waals surface area contributed by atoms with Crippen LogP contribution in [0.15, 0.2) is 39.5 Å². The normalized spacial score (nSPS) is 10.7. The maximum atomic E-state index is 11.8. The van der Waals surface area contributed by atoms with Gasteiger partial charge < -0.3 is 13.9 Å². The molecule has 0 saturated carbocycles. The molecule has 2 aromatic rings. The van der Waals surface area contributed by atoms with Crippen molar-refractivity contribution < 1.29 is 18.7 Å². The molecule has 0 fully saturated rings. The van der Waals surface area contributed by atoms with E-state index < -0.39 is 5.41 Å². The summed E-state index contributed by atoms with van der Waals surface area (Å²) in [4.78, 5) is 23.1. The highest BCUT2D eigenvalue weighted by molar-refractivity contribution is 5.77. The van der Waals surface area contributed by atoms with E-state index >= 15 is 0 Å². The van der Waals surface area contributed by atoms with Crippen LogP contribution < -0.4 is 10.4 Å². The van der Waals surface area contributed by atoms with Crippen LogP contribution in [-0.4, -0.2) is 19.2 Å². The highest BCUT2D eigenvalue weighted by Crippen LogP contribution is 2.22. The van der Waals surface area contributed by atoms with Crippen molar-refractivity contribution >= 4 is 16.9 Å². The molecule has 0 aliphatic rings. The van der Waals surface area contributed by atoms with Gasteiger partial charge in [0.05, 0.1) is 18.6 Å². The van der Waals surface area contributed by atoms with Gasteiger partial charge in [-0.05, 0) is 64.2 Å². The van der Waals surface area contributed by atoms with Gasteiger partial charge in [0.15, 0.2) is 0 Å². The van der Waals surface area contributed by atoms with E-state index in [4.69, 9.17) is 13.9 Å². The molecule has 0 saturated heterocycles. The number of unbranched alkanes of at least 4 members (excludes halogenated alkanes) is 3. The highest BCUT2D eigenvalue weighted by atomic mass is 16.5. The molecule has 2 rings (SSSR count). The van der Waals surface area contributed by atoms with Gasteiger partial charge >= 0.3 is 11.6 Å². The lowest BCUT2D eigenvalue weighted by Crippen LogP contribution is -2.26. The maximum absolute atomic E-state index is 11.8. The van der Waals surface area contributed by atoms with E-state index in [1.807, 2.05) is 32.9 Å². The second kappa shape index (κ2) is 12.2. The van der Waals surface area contributed by atoms with Crippen molar-refractivity contribution in [1.29, 1.82) is 0 Å². The summed E-state index contributed by atoms with van der Waals surface area (Å²) in [5, 5.41) is 0.873. The van der Waals surface area contributed by atoms with Crippen LogP contribution in [-0.2, 0) is 9.53 Å². The summed E-state index contributed by atoms with van der Waals surface area (Å²) in [7, 11) is 0. The minimum Gasteiger partial charge on any atom is -0.493 e. The Bertz CT molecular complexity index is 776. The topological polar surface area (TPSA) is 65.7 Å². The lowest BCUT2D eigenvalue weighted by molar-refractivity contribution is -0.154. The van der Waals surface area contributed by atoms with Crippen molar-refractivity contribution in [2.24, 2.45) is 5.41 Å². The van der Waals surface area contributed by atoms with Crippen LogP contribution in [0, 0.1) is 5.41 Å². The maximum Gasteiger partial charge on any atom is 0.336 e. The van der Waals surface area contributed by atoms with Gasteiger partial charge in [-0.25, -0.2) is 4.79 Å². The van der Waals surface area contributed by atoms with Crippen molar-refractivity contribution in [1.82, 2.24) is 0 Å². The van der Waals surface area contributed by atoms with E-state index in [9.17, 15) is 9.59 Å². The number of hydrogen-bond acceptors (Lipinski definition) is 5.